The monoisotopic (exact) mass is 226 g/mol. The lowest BCUT2D eigenvalue weighted by Crippen LogP contribution is -2.40. The van der Waals surface area contributed by atoms with Crippen LogP contribution in [0.25, 0.3) is 0 Å². The molecule has 0 radical (unpaired) electrons. The van der Waals surface area contributed by atoms with Gasteiger partial charge in [0.05, 0.1) is 12.5 Å². The number of hydrogen-bond donors (Lipinski definition) is 3. The molecule has 0 aromatic rings. The molecule has 0 aliphatic heterocycles. The summed E-state index contributed by atoms with van der Waals surface area (Å²) in [5, 5.41) is 14.8. The van der Waals surface area contributed by atoms with E-state index in [2.05, 4.69) is 10.6 Å². The van der Waals surface area contributed by atoms with Gasteiger partial charge in [0.15, 0.2) is 0 Å². The van der Waals surface area contributed by atoms with Crippen molar-refractivity contribution in [3.8, 4) is 0 Å². The van der Waals surface area contributed by atoms with E-state index in [9.17, 15) is 9.59 Å². The molecular weight excluding hydrogens is 208 g/mol. The highest BCUT2D eigenvalue weighted by atomic mass is 16.4. The highest BCUT2D eigenvalue weighted by molar-refractivity contribution is 5.78. The first-order valence-corrected chi connectivity index (χ1v) is 5.90. The lowest BCUT2D eigenvalue weighted by atomic mass is 10.1. The molecule has 5 nitrogen and oxygen atoms in total. The number of carbonyl (C=O) groups excluding carboxylic acids is 1. The van der Waals surface area contributed by atoms with Gasteiger partial charge >= 0.3 is 5.97 Å². The van der Waals surface area contributed by atoms with E-state index in [0.29, 0.717) is 25.4 Å². The summed E-state index contributed by atoms with van der Waals surface area (Å²) in [6, 6.07) is 0.579. The number of rotatable bonds is 5. The Balaban J connectivity index is 1.65. The average Bonchev–Trinajstić information content (AvgIpc) is 2.95. The van der Waals surface area contributed by atoms with Gasteiger partial charge in [0.1, 0.15) is 0 Å². The van der Waals surface area contributed by atoms with Crippen molar-refractivity contribution < 1.29 is 14.7 Å². The van der Waals surface area contributed by atoms with Crippen molar-refractivity contribution in [3.63, 3.8) is 0 Å². The number of carboxylic acid groups (broad SMARTS) is 1. The van der Waals surface area contributed by atoms with Gasteiger partial charge in [0, 0.05) is 12.1 Å². The molecule has 3 N–H and O–H groups in total. The van der Waals surface area contributed by atoms with Crippen LogP contribution >= 0.6 is 0 Å². The molecular formula is C11H18N2O3. The molecule has 0 aromatic heterocycles. The SMILES string of the molecule is O=C(CNC1CC1)N[C@H]1CC[C@@H](C(=O)O)C1. The van der Waals surface area contributed by atoms with Crippen molar-refractivity contribution in [3.05, 3.63) is 0 Å². The first-order chi connectivity index (χ1) is 7.65. The molecule has 5 heteroatoms. The first-order valence-electron chi connectivity index (χ1n) is 5.90. The van der Waals surface area contributed by atoms with Gasteiger partial charge in [0.25, 0.3) is 0 Å². The maximum atomic E-state index is 11.5. The van der Waals surface area contributed by atoms with Gasteiger partial charge in [-0.3, -0.25) is 9.59 Å². The van der Waals surface area contributed by atoms with Gasteiger partial charge in [-0.1, -0.05) is 0 Å². The van der Waals surface area contributed by atoms with Crippen LogP contribution in [0.15, 0.2) is 0 Å². The number of aliphatic carboxylic acids is 1. The molecule has 2 saturated carbocycles. The van der Waals surface area contributed by atoms with Crippen LogP contribution in [-0.4, -0.2) is 35.6 Å². The fourth-order valence-electron chi connectivity index (χ4n) is 2.14. The smallest absolute Gasteiger partial charge is 0.306 e. The third-order valence-corrected chi connectivity index (χ3v) is 3.28. The Hall–Kier alpha value is -1.10. The molecule has 0 aromatic carbocycles. The van der Waals surface area contributed by atoms with Gasteiger partial charge in [-0.2, -0.15) is 0 Å². The van der Waals surface area contributed by atoms with Crippen molar-refractivity contribution in [1.82, 2.24) is 10.6 Å². The van der Waals surface area contributed by atoms with Gasteiger partial charge in [-0.15, -0.1) is 0 Å². The predicted molar refractivity (Wildman–Crippen MR) is 57.9 cm³/mol. The Kier molecular flexibility index (Phi) is 3.43. The highest BCUT2D eigenvalue weighted by Crippen LogP contribution is 2.25. The summed E-state index contributed by atoms with van der Waals surface area (Å²) in [6.45, 7) is 0.360. The average molecular weight is 226 g/mol. The molecule has 2 aliphatic rings. The van der Waals surface area contributed by atoms with E-state index in [0.717, 1.165) is 19.3 Å². The molecule has 0 bridgehead atoms. The third-order valence-electron chi connectivity index (χ3n) is 3.28. The van der Waals surface area contributed by atoms with Crippen LogP contribution in [-0.2, 0) is 9.59 Å². The van der Waals surface area contributed by atoms with Gasteiger partial charge in [-0.05, 0) is 32.1 Å². The van der Waals surface area contributed by atoms with Crippen LogP contribution in [0.2, 0.25) is 0 Å². The summed E-state index contributed by atoms with van der Waals surface area (Å²) < 4.78 is 0. The fourth-order valence-corrected chi connectivity index (χ4v) is 2.14. The van der Waals surface area contributed by atoms with Crippen molar-refractivity contribution in [2.45, 2.75) is 44.2 Å². The number of carboxylic acids is 1. The first kappa shape index (κ1) is 11.4. The largest absolute Gasteiger partial charge is 0.481 e. The Morgan fingerprint density at radius 2 is 1.81 bits per heavy atom. The number of hydrogen-bond acceptors (Lipinski definition) is 3. The number of amides is 1. The minimum atomic E-state index is -0.743. The molecule has 2 fully saturated rings. The quantitative estimate of drug-likeness (QED) is 0.621. The zero-order chi connectivity index (χ0) is 11.5. The van der Waals surface area contributed by atoms with E-state index in [-0.39, 0.29) is 17.9 Å². The second kappa shape index (κ2) is 4.82. The second-order valence-electron chi connectivity index (χ2n) is 4.77. The van der Waals surface area contributed by atoms with Crippen LogP contribution in [0, 0.1) is 5.92 Å². The second-order valence-corrected chi connectivity index (χ2v) is 4.77. The van der Waals surface area contributed by atoms with Crippen molar-refractivity contribution >= 4 is 11.9 Å². The molecule has 0 unspecified atom stereocenters. The van der Waals surface area contributed by atoms with E-state index in [1.54, 1.807) is 0 Å². The summed E-state index contributed by atoms with van der Waals surface area (Å²) in [7, 11) is 0. The summed E-state index contributed by atoms with van der Waals surface area (Å²) in [6.07, 6.45) is 4.36. The summed E-state index contributed by atoms with van der Waals surface area (Å²) in [4.78, 5) is 22.2. The van der Waals surface area contributed by atoms with Gasteiger partial charge in [-0.25, -0.2) is 0 Å². The van der Waals surface area contributed by atoms with Crippen molar-refractivity contribution in [2.75, 3.05) is 6.54 Å². The summed E-state index contributed by atoms with van der Waals surface area (Å²) in [5.74, 6) is -1.03. The normalized spacial score (nSPS) is 29.0. The minimum absolute atomic E-state index is 0.0112. The molecule has 0 spiro atoms. The van der Waals surface area contributed by atoms with Crippen LogP contribution in [0.4, 0.5) is 0 Å². The minimum Gasteiger partial charge on any atom is -0.481 e. The van der Waals surface area contributed by atoms with Crippen molar-refractivity contribution in [2.24, 2.45) is 5.92 Å². The third kappa shape index (κ3) is 3.20. The fraction of sp³-hybridized carbons (Fsp3) is 0.818. The van der Waals surface area contributed by atoms with Crippen LogP contribution in [0.3, 0.4) is 0 Å². The maximum absolute atomic E-state index is 11.5. The standard InChI is InChI=1S/C11H18N2O3/c14-10(6-12-8-3-4-8)13-9-2-1-7(5-9)11(15)16/h7-9,12H,1-6H2,(H,13,14)(H,15,16)/t7-,9+/m1/s1. The molecule has 2 atom stereocenters. The van der Waals surface area contributed by atoms with Gasteiger partial charge in [0.2, 0.25) is 5.91 Å². The van der Waals surface area contributed by atoms with E-state index >= 15 is 0 Å². The maximum Gasteiger partial charge on any atom is 0.306 e. The Morgan fingerprint density at radius 1 is 1.12 bits per heavy atom. The molecule has 2 rings (SSSR count). The van der Waals surface area contributed by atoms with Crippen molar-refractivity contribution in [1.29, 1.82) is 0 Å². The molecule has 16 heavy (non-hydrogen) atoms. The summed E-state index contributed by atoms with van der Waals surface area (Å²) >= 11 is 0. The Labute approximate surface area is 94.6 Å². The van der Waals surface area contributed by atoms with Crippen LogP contribution in [0.5, 0.6) is 0 Å². The highest BCUT2D eigenvalue weighted by Gasteiger charge is 2.30. The van der Waals surface area contributed by atoms with E-state index < -0.39 is 5.97 Å². The van der Waals surface area contributed by atoms with E-state index in [1.165, 1.54) is 0 Å². The molecule has 0 heterocycles. The van der Waals surface area contributed by atoms with Crippen LogP contribution in [0.1, 0.15) is 32.1 Å². The Morgan fingerprint density at radius 3 is 2.38 bits per heavy atom. The number of nitrogens with one attached hydrogen (secondary N) is 2. The predicted octanol–water partition coefficient (Wildman–Crippen LogP) is 0.108. The van der Waals surface area contributed by atoms with Gasteiger partial charge < -0.3 is 15.7 Å². The lowest BCUT2D eigenvalue weighted by molar-refractivity contribution is -0.141. The lowest BCUT2D eigenvalue weighted by Gasteiger charge is -2.12. The van der Waals surface area contributed by atoms with Crippen LogP contribution < -0.4 is 10.6 Å². The van der Waals surface area contributed by atoms with E-state index in [4.69, 9.17) is 5.11 Å². The molecule has 90 valence electrons. The molecule has 2 aliphatic carbocycles. The zero-order valence-corrected chi connectivity index (χ0v) is 9.24. The molecule has 0 saturated heterocycles. The molecule has 1 amide bonds. The summed E-state index contributed by atoms with van der Waals surface area (Å²) in [5.41, 5.74) is 0. The van der Waals surface area contributed by atoms with E-state index in [1.807, 2.05) is 0 Å². The topological polar surface area (TPSA) is 78.4 Å². The zero-order valence-electron chi connectivity index (χ0n) is 9.24. The number of carbonyl (C=O) groups is 2. The Bertz CT molecular complexity index is 289.